The Morgan fingerprint density at radius 3 is 2.64 bits per heavy atom. The second-order valence-corrected chi connectivity index (χ2v) is 11.2. The molecule has 1 aromatic carbocycles. The third-order valence-electron chi connectivity index (χ3n) is 7.98. The normalized spacial score (nSPS) is 37.6. The molecule has 0 unspecified atom stereocenters. The second-order valence-electron chi connectivity index (χ2n) is 10.8. The first-order chi connectivity index (χ1) is 18.3. The summed E-state index contributed by atoms with van der Waals surface area (Å²) < 4.78 is 22.4. The monoisotopic (exact) mass is 564 g/mol. The summed E-state index contributed by atoms with van der Waals surface area (Å²) in [5, 5.41) is 25.3. The first-order valence-electron chi connectivity index (χ1n) is 12.9. The highest BCUT2D eigenvalue weighted by molar-refractivity contribution is 6.35. The number of carbonyl (C=O) groups is 2. The summed E-state index contributed by atoms with van der Waals surface area (Å²) in [7, 11) is 4.56. The Morgan fingerprint density at radius 2 is 1.97 bits per heavy atom. The fraction of sp³-hybridized carbons (Fsp3) is 0.571. The SMILES string of the molecule is COc1cc2cc(c1Cl)N(C)C(=O)C[C@H](O)[C@]1(C)O[C@@H]1[C@@H](C)[C@@H]1C[C@@](O)(NC(=O)O1)[C@H](OC)/C=C/C=C(\C)C2. The highest BCUT2D eigenvalue weighted by Gasteiger charge is 2.62. The van der Waals surface area contributed by atoms with Crippen LogP contribution in [-0.2, 0) is 25.4 Å². The van der Waals surface area contributed by atoms with E-state index in [1.165, 1.54) is 19.1 Å². The van der Waals surface area contributed by atoms with Crippen LogP contribution < -0.4 is 15.0 Å². The molecule has 7 atom stereocenters. The number of alkyl carbamates (subject to hydrolysis) is 1. The number of fused-ring (bicyclic) bond motifs is 5. The minimum atomic E-state index is -1.73. The first-order valence-corrected chi connectivity index (χ1v) is 13.3. The van der Waals surface area contributed by atoms with Crippen molar-refractivity contribution in [3.05, 3.63) is 46.5 Å². The summed E-state index contributed by atoms with van der Waals surface area (Å²) in [6.07, 6.45) is 1.63. The van der Waals surface area contributed by atoms with Crippen molar-refractivity contribution in [2.75, 3.05) is 26.2 Å². The molecule has 3 N–H and O–H groups in total. The zero-order chi connectivity index (χ0) is 28.7. The molecular formula is C28H37ClN2O8. The van der Waals surface area contributed by atoms with E-state index in [4.69, 9.17) is 30.5 Å². The fourth-order valence-electron chi connectivity index (χ4n) is 5.46. The predicted molar refractivity (Wildman–Crippen MR) is 145 cm³/mol. The zero-order valence-electron chi connectivity index (χ0n) is 23.1. The minimum absolute atomic E-state index is 0.0310. The molecule has 0 spiro atoms. The number of allylic oxidation sites excluding steroid dienone is 3. The number of amides is 2. The van der Waals surface area contributed by atoms with Crippen molar-refractivity contribution in [3.8, 4) is 5.75 Å². The van der Waals surface area contributed by atoms with Gasteiger partial charge in [0, 0.05) is 26.5 Å². The number of methoxy groups -OCH3 is 2. The van der Waals surface area contributed by atoms with Crippen LogP contribution in [0.1, 0.15) is 39.2 Å². The van der Waals surface area contributed by atoms with Crippen LogP contribution in [0.15, 0.2) is 35.9 Å². The molecule has 2 amide bonds. The van der Waals surface area contributed by atoms with Crippen molar-refractivity contribution in [2.24, 2.45) is 5.92 Å². The molecule has 0 saturated carbocycles. The standard InChI is InChI=1S/C28H37ClN2O8/c1-15-8-7-9-22(37-6)28(35)14-20(38-26(34)30-28)16(2)25-27(3,39-25)21(32)13-23(33)31(4)18-11-17(10-15)12-19(36-5)24(18)29/h7-9,11-12,16,20-22,25,32,35H,10,13-14H2,1-6H3,(H,30,34)/b9-7+,15-8+/t16-,20-,21-,22+,25+,27-,28-/m0/s1. The van der Waals surface area contributed by atoms with E-state index in [0.29, 0.717) is 17.9 Å². The first kappa shape index (κ1) is 29.4. The lowest BCUT2D eigenvalue weighted by molar-refractivity contribution is -0.142. The Balaban J connectivity index is 1.74. The van der Waals surface area contributed by atoms with Gasteiger partial charge in [0.2, 0.25) is 5.91 Å². The molecule has 11 heteroatoms. The van der Waals surface area contributed by atoms with Crippen LogP contribution in [-0.4, -0.2) is 79.2 Å². The van der Waals surface area contributed by atoms with Crippen LogP contribution in [0, 0.1) is 5.92 Å². The molecule has 4 rings (SSSR count). The number of benzene rings is 1. The van der Waals surface area contributed by atoms with Crippen LogP contribution in [0.3, 0.4) is 0 Å². The number of nitrogens with zero attached hydrogens (tertiary/aromatic N) is 1. The maximum atomic E-state index is 13.3. The lowest BCUT2D eigenvalue weighted by Gasteiger charge is -2.42. The van der Waals surface area contributed by atoms with Crippen molar-refractivity contribution in [3.63, 3.8) is 0 Å². The van der Waals surface area contributed by atoms with Crippen LogP contribution in [0.2, 0.25) is 5.02 Å². The number of halogens is 1. The van der Waals surface area contributed by atoms with Crippen LogP contribution >= 0.6 is 11.6 Å². The summed E-state index contributed by atoms with van der Waals surface area (Å²) >= 11 is 6.58. The molecule has 10 nitrogen and oxygen atoms in total. The summed E-state index contributed by atoms with van der Waals surface area (Å²) in [5.41, 5.74) is -0.479. The van der Waals surface area contributed by atoms with E-state index in [0.717, 1.165) is 11.1 Å². The minimum Gasteiger partial charge on any atom is -0.495 e. The van der Waals surface area contributed by atoms with Gasteiger partial charge in [-0.15, -0.1) is 0 Å². The van der Waals surface area contributed by atoms with Gasteiger partial charge >= 0.3 is 6.09 Å². The molecule has 1 aromatic rings. The van der Waals surface area contributed by atoms with Crippen LogP contribution in [0.25, 0.3) is 0 Å². The number of aliphatic hydroxyl groups is 2. The Bertz CT molecular complexity index is 1190. The molecule has 0 aromatic heterocycles. The Labute approximate surface area is 233 Å². The van der Waals surface area contributed by atoms with Gasteiger partial charge in [0.1, 0.15) is 28.6 Å². The number of ether oxygens (including phenoxy) is 4. The zero-order valence-corrected chi connectivity index (χ0v) is 23.8. The number of anilines is 1. The lowest BCUT2D eigenvalue weighted by atomic mass is 9.84. The number of hydrogen-bond donors (Lipinski definition) is 3. The number of rotatable bonds is 2. The van der Waals surface area contributed by atoms with Gasteiger partial charge in [0.15, 0.2) is 5.72 Å². The summed E-state index contributed by atoms with van der Waals surface area (Å²) in [5.74, 6) is -0.323. The number of nitrogens with one attached hydrogen (secondary N) is 1. The third-order valence-corrected chi connectivity index (χ3v) is 8.36. The summed E-state index contributed by atoms with van der Waals surface area (Å²) in [6.45, 7) is 5.48. The summed E-state index contributed by atoms with van der Waals surface area (Å²) in [4.78, 5) is 27.1. The average Bonchev–Trinajstić information content (AvgIpc) is 3.58. The number of carbonyl (C=O) groups excluding carboxylic acids is 2. The average molecular weight is 565 g/mol. The number of aliphatic hydroxyl groups excluding tert-OH is 1. The van der Waals surface area contributed by atoms with Gasteiger partial charge in [0.05, 0.1) is 31.4 Å². The highest BCUT2D eigenvalue weighted by Crippen LogP contribution is 2.48. The fourth-order valence-corrected chi connectivity index (χ4v) is 5.78. The molecule has 0 aliphatic carbocycles. The molecular weight excluding hydrogens is 528 g/mol. The van der Waals surface area contributed by atoms with Crippen molar-refractivity contribution in [1.82, 2.24) is 5.32 Å². The maximum Gasteiger partial charge on any atom is 0.409 e. The Hall–Kier alpha value is -2.63. The smallest absolute Gasteiger partial charge is 0.409 e. The van der Waals surface area contributed by atoms with Crippen molar-refractivity contribution in [1.29, 1.82) is 0 Å². The van der Waals surface area contributed by atoms with E-state index in [9.17, 15) is 19.8 Å². The lowest BCUT2D eigenvalue weighted by Crippen LogP contribution is -2.63. The Kier molecular flexibility index (Phi) is 8.35. The molecule has 3 heterocycles. The number of hydrogen-bond acceptors (Lipinski definition) is 8. The second kappa shape index (κ2) is 11.1. The molecule has 2 fully saturated rings. The van der Waals surface area contributed by atoms with E-state index in [1.807, 2.05) is 32.1 Å². The molecule has 3 aliphatic rings. The predicted octanol–water partition coefficient (Wildman–Crippen LogP) is 3.12. The van der Waals surface area contributed by atoms with E-state index in [-0.39, 0.29) is 23.8 Å². The van der Waals surface area contributed by atoms with E-state index < -0.39 is 47.8 Å². The largest absolute Gasteiger partial charge is 0.495 e. The van der Waals surface area contributed by atoms with Crippen molar-refractivity contribution >= 4 is 29.3 Å². The molecule has 0 radical (unpaired) electrons. The van der Waals surface area contributed by atoms with Gasteiger partial charge in [-0.05, 0) is 38.0 Å². The molecule has 4 bridgehead atoms. The van der Waals surface area contributed by atoms with E-state index in [2.05, 4.69) is 5.32 Å². The molecule has 2 saturated heterocycles. The van der Waals surface area contributed by atoms with Gasteiger partial charge in [-0.2, -0.15) is 0 Å². The molecule has 39 heavy (non-hydrogen) atoms. The number of epoxide rings is 1. The van der Waals surface area contributed by atoms with Crippen molar-refractivity contribution < 1.29 is 38.7 Å². The van der Waals surface area contributed by atoms with Crippen molar-refractivity contribution in [2.45, 2.75) is 75.8 Å². The van der Waals surface area contributed by atoms with Crippen LogP contribution in [0.4, 0.5) is 10.5 Å². The van der Waals surface area contributed by atoms with Gasteiger partial charge in [-0.25, -0.2) is 4.79 Å². The maximum absolute atomic E-state index is 13.3. The van der Waals surface area contributed by atoms with E-state index in [1.54, 1.807) is 26.1 Å². The van der Waals surface area contributed by atoms with E-state index >= 15 is 0 Å². The molecule has 214 valence electrons. The quantitative estimate of drug-likeness (QED) is 0.467. The van der Waals surface area contributed by atoms with Gasteiger partial charge in [0.25, 0.3) is 0 Å². The Morgan fingerprint density at radius 1 is 1.26 bits per heavy atom. The topological polar surface area (TPSA) is 130 Å². The van der Waals surface area contributed by atoms with Crippen LogP contribution in [0.5, 0.6) is 5.75 Å². The third kappa shape index (κ3) is 5.81. The van der Waals surface area contributed by atoms with Gasteiger partial charge in [-0.1, -0.05) is 42.3 Å². The molecule has 3 aliphatic heterocycles. The van der Waals surface area contributed by atoms with Gasteiger partial charge < -0.3 is 34.1 Å². The van der Waals surface area contributed by atoms with Gasteiger partial charge in [-0.3, -0.25) is 10.1 Å². The summed E-state index contributed by atoms with van der Waals surface area (Å²) in [6, 6.07) is 3.63. The highest BCUT2D eigenvalue weighted by atomic mass is 35.5.